The van der Waals surface area contributed by atoms with Gasteiger partial charge < -0.3 is 5.11 Å². The summed E-state index contributed by atoms with van der Waals surface area (Å²) in [5, 5.41) is 8.79. The quantitative estimate of drug-likeness (QED) is 0.767. The molecule has 0 atom stereocenters. The monoisotopic (exact) mass is 234 g/mol. The Balaban J connectivity index is 0. The molecule has 0 saturated carbocycles. The van der Waals surface area contributed by atoms with Crippen molar-refractivity contribution in [3.63, 3.8) is 0 Å². The van der Waals surface area contributed by atoms with Crippen molar-refractivity contribution in [1.29, 1.82) is 0 Å². The van der Waals surface area contributed by atoms with Crippen molar-refractivity contribution in [1.82, 2.24) is 0 Å². The van der Waals surface area contributed by atoms with Gasteiger partial charge in [-0.15, -0.1) is 0 Å². The highest BCUT2D eigenvalue weighted by molar-refractivity contribution is 6.31. The third-order valence-electron chi connectivity index (χ3n) is 1.59. The highest BCUT2D eigenvalue weighted by Gasteiger charge is 2.06. The Morgan fingerprint density at radius 2 is 1.67 bits per heavy atom. The van der Waals surface area contributed by atoms with Gasteiger partial charge >= 0.3 is 0 Å². The van der Waals surface area contributed by atoms with E-state index in [2.05, 4.69) is 0 Å². The van der Waals surface area contributed by atoms with Crippen LogP contribution >= 0.6 is 11.6 Å². The molecule has 0 saturated heterocycles. The van der Waals surface area contributed by atoms with Crippen molar-refractivity contribution in [3.05, 3.63) is 34.1 Å². The van der Waals surface area contributed by atoms with E-state index in [9.17, 15) is 4.39 Å². The average Bonchev–Trinajstić information content (AvgIpc) is 2.30. The van der Waals surface area contributed by atoms with Gasteiger partial charge in [0.2, 0.25) is 0 Å². The minimum absolute atomic E-state index is 0.0208. The van der Waals surface area contributed by atoms with E-state index in [0.717, 1.165) is 5.56 Å². The van der Waals surface area contributed by atoms with Gasteiger partial charge in [-0.3, -0.25) is 0 Å². The predicted molar refractivity (Wildman–Crippen MR) is 64.8 cm³/mol. The van der Waals surface area contributed by atoms with Gasteiger partial charge in [0.1, 0.15) is 5.82 Å². The fourth-order valence-electron chi connectivity index (χ4n) is 0.883. The average molecular weight is 235 g/mol. The summed E-state index contributed by atoms with van der Waals surface area (Å²) >= 11 is 5.56. The van der Waals surface area contributed by atoms with Gasteiger partial charge in [-0.25, -0.2) is 4.39 Å². The SMILES string of the molecule is CC.CC.Cc1ccc(F)c(Cl)c1CO. The summed E-state index contributed by atoms with van der Waals surface area (Å²) in [4.78, 5) is 0. The van der Waals surface area contributed by atoms with Crippen LogP contribution in [0.15, 0.2) is 12.1 Å². The topological polar surface area (TPSA) is 20.2 Å². The fourth-order valence-corrected chi connectivity index (χ4v) is 1.16. The highest BCUT2D eigenvalue weighted by Crippen LogP contribution is 2.22. The molecular formula is C12H20ClFO. The van der Waals surface area contributed by atoms with E-state index in [1.54, 1.807) is 13.0 Å². The van der Waals surface area contributed by atoms with Crippen molar-refractivity contribution in [2.24, 2.45) is 0 Å². The van der Waals surface area contributed by atoms with Crippen molar-refractivity contribution in [2.75, 3.05) is 0 Å². The van der Waals surface area contributed by atoms with Gasteiger partial charge in [0, 0.05) is 5.56 Å². The normalized spacial score (nSPS) is 8.27. The van der Waals surface area contributed by atoms with E-state index < -0.39 is 5.82 Å². The summed E-state index contributed by atoms with van der Waals surface area (Å²) in [5.41, 5.74) is 1.27. The fraction of sp³-hybridized carbons (Fsp3) is 0.500. The van der Waals surface area contributed by atoms with Gasteiger partial charge in [0.05, 0.1) is 11.6 Å². The van der Waals surface area contributed by atoms with Crippen molar-refractivity contribution < 1.29 is 9.50 Å². The Kier molecular flexibility index (Phi) is 11.1. The molecule has 0 unspecified atom stereocenters. The number of rotatable bonds is 1. The van der Waals surface area contributed by atoms with Crippen LogP contribution in [0, 0.1) is 12.7 Å². The molecule has 0 spiro atoms. The molecule has 0 fully saturated rings. The molecule has 88 valence electrons. The largest absolute Gasteiger partial charge is 0.392 e. The third kappa shape index (κ3) is 5.14. The highest BCUT2D eigenvalue weighted by atomic mass is 35.5. The molecule has 0 aliphatic carbocycles. The van der Waals surface area contributed by atoms with Gasteiger partial charge in [-0.1, -0.05) is 45.4 Å². The van der Waals surface area contributed by atoms with Crippen LogP contribution in [0.4, 0.5) is 4.39 Å². The molecule has 1 rings (SSSR count). The van der Waals surface area contributed by atoms with Crippen LogP contribution in [0.5, 0.6) is 0 Å². The van der Waals surface area contributed by atoms with Crippen molar-refractivity contribution in [3.8, 4) is 0 Å². The second-order valence-corrected chi connectivity index (χ2v) is 2.69. The Labute approximate surface area is 96.9 Å². The third-order valence-corrected chi connectivity index (χ3v) is 2.00. The van der Waals surface area contributed by atoms with E-state index in [1.807, 2.05) is 27.7 Å². The lowest BCUT2D eigenvalue weighted by Gasteiger charge is -2.04. The summed E-state index contributed by atoms with van der Waals surface area (Å²) in [6.45, 7) is 9.55. The Hall–Kier alpha value is -0.600. The lowest BCUT2D eigenvalue weighted by Crippen LogP contribution is -1.92. The van der Waals surface area contributed by atoms with Gasteiger partial charge in [0.25, 0.3) is 0 Å². The van der Waals surface area contributed by atoms with Crippen LogP contribution in [0.1, 0.15) is 38.8 Å². The number of hydrogen-bond donors (Lipinski definition) is 1. The molecule has 1 aromatic carbocycles. The first-order valence-electron chi connectivity index (χ1n) is 5.21. The second kappa shape index (κ2) is 9.94. The molecule has 15 heavy (non-hydrogen) atoms. The number of halogens is 2. The first kappa shape index (κ1) is 16.8. The summed E-state index contributed by atoms with van der Waals surface area (Å²) in [6.07, 6.45) is 0. The molecule has 0 radical (unpaired) electrons. The maximum absolute atomic E-state index is 12.7. The molecule has 3 heteroatoms. The molecule has 0 bridgehead atoms. The van der Waals surface area contributed by atoms with Gasteiger partial charge in [0.15, 0.2) is 0 Å². The molecule has 1 N–H and O–H groups in total. The molecule has 0 aliphatic rings. The maximum atomic E-state index is 12.7. The Morgan fingerprint density at radius 1 is 1.20 bits per heavy atom. The number of hydrogen-bond acceptors (Lipinski definition) is 1. The van der Waals surface area contributed by atoms with E-state index >= 15 is 0 Å². The summed E-state index contributed by atoms with van der Waals surface area (Å²) in [6, 6.07) is 2.88. The Morgan fingerprint density at radius 3 is 2.00 bits per heavy atom. The number of aliphatic hydroxyl groups is 1. The van der Waals surface area contributed by atoms with Crippen LogP contribution in [-0.2, 0) is 6.61 Å². The molecule has 1 aromatic rings. The minimum Gasteiger partial charge on any atom is -0.392 e. The van der Waals surface area contributed by atoms with E-state index in [1.165, 1.54) is 6.07 Å². The Bertz CT molecular complexity index is 275. The van der Waals surface area contributed by atoms with E-state index in [0.29, 0.717) is 5.56 Å². The summed E-state index contributed by atoms with van der Waals surface area (Å²) in [7, 11) is 0. The van der Waals surface area contributed by atoms with Crippen LogP contribution in [0.3, 0.4) is 0 Å². The lowest BCUT2D eigenvalue weighted by atomic mass is 10.1. The lowest BCUT2D eigenvalue weighted by molar-refractivity contribution is 0.280. The predicted octanol–water partition coefficient (Wildman–Crippen LogP) is 4.33. The molecule has 0 aromatic heterocycles. The first-order chi connectivity index (χ1) is 7.16. The first-order valence-corrected chi connectivity index (χ1v) is 5.59. The van der Waals surface area contributed by atoms with Crippen molar-refractivity contribution >= 4 is 11.6 Å². The molecule has 0 heterocycles. The van der Waals surface area contributed by atoms with Crippen molar-refractivity contribution in [2.45, 2.75) is 41.2 Å². The minimum atomic E-state index is -0.485. The summed E-state index contributed by atoms with van der Waals surface area (Å²) < 4.78 is 12.7. The number of aliphatic hydroxyl groups excluding tert-OH is 1. The van der Waals surface area contributed by atoms with Gasteiger partial charge in [-0.05, 0) is 18.6 Å². The van der Waals surface area contributed by atoms with E-state index in [4.69, 9.17) is 16.7 Å². The maximum Gasteiger partial charge on any atom is 0.142 e. The number of benzene rings is 1. The zero-order chi connectivity index (χ0) is 12.4. The molecule has 0 amide bonds. The van der Waals surface area contributed by atoms with Crippen LogP contribution in [0.2, 0.25) is 5.02 Å². The van der Waals surface area contributed by atoms with Crippen LogP contribution in [-0.4, -0.2) is 5.11 Å². The second-order valence-electron chi connectivity index (χ2n) is 2.31. The smallest absolute Gasteiger partial charge is 0.142 e. The molecular weight excluding hydrogens is 215 g/mol. The molecule has 1 nitrogen and oxygen atoms in total. The molecule has 0 aliphatic heterocycles. The van der Waals surface area contributed by atoms with Crippen LogP contribution in [0.25, 0.3) is 0 Å². The standard InChI is InChI=1S/C8H8ClFO.2C2H6/c1-5-2-3-7(10)8(9)6(5)4-11;2*1-2/h2-3,11H,4H2,1H3;2*1-2H3. The zero-order valence-electron chi connectivity index (χ0n) is 10.1. The number of aryl methyl sites for hydroxylation is 1. The zero-order valence-corrected chi connectivity index (χ0v) is 10.8. The summed E-state index contributed by atoms with van der Waals surface area (Å²) in [5.74, 6) is -0.485. The van der Waals surface area contributed by atoms with E-state index in [-0.39, 0.29) is 11.6 Å². The van der Waals surface area contributed by atoms with Crippen LogP contribution < -0.4 is 0 Å². The van der Waals surface area contributed by atoms with Gasteiger partial charge in [-0.2, -0.15) is 0 Å².